The summed E-state index contributed by atoms with van der Waals surface area (Å²) < 4.78 is 22.1. The normalized spacial score (nSPS) is 17.2. The zero-order chi connectivity index (χ0) is 27.4. The molecule has 37 heavy (non-hydrogen) atoms. The van der Waals surface area contributed by atoms with Gasteiger partial charge >= 0.3 is 11.9 Å². The number of hydrogen-bond donors (Lipinski definition) is 0. The number of ether oxygens (including phenoxy) is 4. The van der Waals surface area contributed by atoms with E-state index in [2.05, 4.69) is 0 Å². The van der Waals surface area contributed by atoms with E-state index in [1.807, 2.05) is 11.9 Å². The van der Waals surface area contributed by atoms with Gasteiger partial charge in [0.05, 0.1) is 35.8 Å². The van der Waals surface area contributed by atoms with Crippen LogP contribution in [0.4, 0.5) is 5.69 Å². The molecule has 1 aliphatic heterocycles. The van der Waals surface area contributed by atoms with E-state index in [0.717, 1.165) is 12.1 Å². The molecular weight excluding hydrogens is 508 g/mol. The fourth-order valence-corrected chi connectivity index (χ4v) is 4.72. The number of ketones is 1. The summed E-state index contributed by atoms with van der Waals surface area (Å²) in [6.45, 7) is 3.33. The van der Waals surface area contributed by atoms with Gasteiger partial charge < -0.3 is 18.9 Å². The number of carbonyl (C=O) groups excluding carboxylic acids is 3. The Labute approximate surface area is 218 Å². The number of nitro groups is 1. The van der Waals surface area contributed by atoms with Crippen LogP contribution >= 0.6 is 11.6 Å². The van der Waals surface area contributed by atoms with Crippen LogP contribution in [0.1, 0.15) is 52.5 Å². The van der Waals surface area contributed by atoms with Crippen molar-refractivity contribution in [2.24, 2.45) is 0 Å². The SMILES string of the molecule is COc1cc(OC)c(C2CCN(C)C2COC(C)=O)c(OC(=O)c2ccc([N+](=O)[O-])cc2Cl)c1C(C)=O. The molecule has 12 heteroatoms. The number of carbonyl (C=O) groups is 3. The molecule has 0 radical (unpaired) electrons. The fourth-order valence-electron chi connectivity index (χ4n) is 4.47. The molecule has 1 aliphatic rings. The summed E-state index contributed by atoms with van der Waals surface area (Å²) in [6.07, 6.45) is 0.589. The summed E-state index contributed by atoms with van der Waals surface area (Å²) in [4.78, 5) is 50.0. The molecule has 11 nitrogen and oxygen atoms in total. The van der Waals surface area contributed by atoms with Gasteiger partial charge in [-0.1, -0.05) is 11.6 Å². The third kappa shape index (κ3) is 5.83. The Hall–Kier alpha value is -3.70. The lowest BCUT2D eigenvalue weighted by molar-refractivity contribution is -0.384. The zero-order valence-corrected chi connectivity index (χ0v) is 21.8. The van der Waals surface area contributed by atoms with Crippen LogP contribution in [0.15, 0.2) is 24.3 Å². The van der Waals surface area contributed by atoms with Crippen molar-refractivity contribution >= 4 is 35.0 Å². The van der Waals surface area contributed by atoms with Gasteiger partial charge in [-0.2, -0.15) is 0 Å². The van der Waals surface area contributed by atoms with Crippen LogP contribution in [0.5, 0.6) is 17.2 Å². The molecule has 2 unspecified atom stereocenters. The minimum Gasteiger partial charge on any atom is -0.496 e. The maximum Gasteiger partial charge on any atom is 0.345 e. The number of Topliss-reactive ketones (excluding diaryl/α,β-unsaturated/α-hetero) is 1. The van der Waals surface area contributed by atoms with Gasteiger partial charge in [0, 0.05) is 36.6 Å². The Morgan fingerprint density at radius 1 is 1.14 bits per heavy atom. The maximum atomic E-state index is 13.3. The molecule has 198 valence electrons. The van der Waals surface area contributed by atoms with E-state index in [4.69, 9.17) is 30.5 Å². The van der Waals surface area contributed by atoms with E-state index >= 15 is 0 Å². The molecule has 0 bridgehead atoms. The molecule has 0 saturated carbocycles. The molecular formula is C25H27ClN2O9. The highest BCUT2D eigenvalue weighted by Crippen LogP contribution is 2.48. The molecule has 3 rings (SSSR count). The number of methoxy groups -OCH3 is 2. The van der Waals surface area contributed by atoms with Gasteiger partial charge in [0.25, 0.3) is 5.69 Å². The third-order valence-corrected chi connectivity index (χ3v) is 6.58. The summed E-state index contributed by atoms with van der Waals surface area (Å²) in [5.41, 5.74) is 0.0263. The lowest BCUT2D eigenvalue weighted by Crippen LogP contribution is -2.34. The van der Waals surface area contributed by atoms with Crippen LogP contribution in [0, 0.1) is 10.1 Å². The highest BCUT2D eigenvalue weighted by Gasteiger charge is 2.40. The Bertz CT molecular complexity index is 1250. The first-order chi connectivity index (χ1) is 17.5. The number of likely N-dealkylation sites (tertiary alicyclic amines) is 1. The van der Waals surface area contributed by atoms with Crippen LogP contribution in [0.3, 0.4) is 0 Å². The van der Waals surface area contributed by atoms with Crippen molar-refractivity contribution in [1.82, 2.24) is 4.90 Å². The fraction of sp³-hybridized carbons (Fsp3) is 0.400. The van der Waals surface area contributed by atoms with E-state index in [-0.39, 0.29) is 51.9 Å². The van der Waals surface area contributed by atoms with E-state index in [9.17, 15) is 24.5 Å². The molecule has 0 N–H and O–H groups in total. The molecule has 2 atom stereocenters. The first-order valence-corrected chi connectivity index (χ1v) is 11.7. The Morgan fingerprint density at radius 3 is 2.35 bits per heavy atom. The van der Waals surface area contributed by atoms with Gasteiger partial charge in [-0.05, 0) is 33.0 Å². The van der Waals surface area contributed by atoms with Gasteiger partial charge in [-0.15, -0.1) is 0 Å². The average Bonchev–Trinajstić information content (AvgIpc) is 3.20. The lowest BCUT2D eigenvalue weighted by atomic mass is 9.87. The predicted octanol–water partition coefficient (Wildman–Crippen LogP) is 4.04. The van der Waals surface area contributed by atoms with Gasteiger partial charge in [0.2, 0.25) is 0 Å². The van der Waals surface area contributed by atoms with Crippen LogP contribution in [-0.4, -0.2) is 68.0 Å². The highest BCUT2D eigenvalue weighted by atomic mass is 35.5. The van der Waals surface area contributed by atoms with E-state index in [1.165, 1.54) is 34.1 Å². The number of nitro benzene ring substituents is 1. The molecule has 1 fully saturated rings. The van der Waals surface area contributed by atoms with Crippen molar-refractivity contribution in [3.05, 3.63) is 56.1 Å². The Balaban J connectivity index is 2.19. The van der Waals surface area contributed by atoms with Crippen LogP contribution in [0.25, 0.3) is 0 Å². The number of hydrogen-bond acceptors (Lipinski definition) is 10. The Kier molecular flexibility index (Phi) is 8.72. The van der Waals surface area contributed by atoms with Crippen molar-refractivity contribution in [3.8, 4) is 17.2 Å². The predicted molar refractivity (Wildman–Crippen MR) is 133 cm³/mol. The maximum absolute atomic E-state index is 13.3. The lowest BCUT2D eigenvalue weighted by Gasteiger charge is -2.28. The summed E-state index contributed by atoms with van der Waals surface area (Å²) in [7, 11) is 4.68. The third-order valence-electron chi connectivity index (χ3n) is 6.27. The number of rotatable bonds is 9. The van der Waals surface area contributed by atoms with Crippen molar-refractivity contribution in [2.75, 3.05) is 34.4 Å². The Morgan fingerprint density at radius 2 is 1.81 bits per heavy atom. The second-order valence-electron chi connectivity index (χ2n) is 8.51. The van der Waals surface area contributed by atoms with E-state index in [1.54, 1.807) is 6.07 Å². The molecule has 0 amide bonds. The number of benzene rings is 2. The second kappa shape index (κ2) is 11.6. The van der Waals surface area contributed by atoms with Crippen LogP contribution in [-0.2, 0) is 9.53 Å². The standard InChI is InChI=1S/C25H27ClN2O9/c1-13(29)22-20(34-4)11-21(35-5)23(17-8-9-27(3)19(17)12-36-14(2)30)24(22)37-25(31)16-7-6-15(28(32)33)10-18(16)26/h6-7,10-11,17,19H,8-9,12H2,1-5H3. The number of nitrogens with zero attached hydrogens (tertiary/aromatic N) is 2. The summed E-state index contributed by atoms with van der Waals surface area (Å²) in [5, 5.41) is 10.9. The van der Waals surface area contributed by atoms with Gasteiger partial charge in [0.15, 0.2) is 11.5 Å². The van der Waals surface area contributed by atoms with Gasteiger partial charge in [-0.3, -0.25) is 24.6 Å². The smallest absolute Gasteiger partial charge is 0.345 e. The van der Waals surface area contributed by atoms with Crippen molar-refractivity contribution in [2.45, 2.75) is 32.2 Å². The first-order valence-electron chi connectivity index (χ1n) is 11.3. The van der Waals surface area contributed by atoms with E-state index < -0.39 is 22.6 Å². The summed E-state index contributed by atoms with van der Waals surface area (Å²) in [6, 6.07) is 4.59. The highest BCUT2D eigenvalue weighted by molar-refractivity contribution is 6.33. The molecule has 2 aromatic rings. The minimum absolute atomic E-state index is 0.0190. The zero-order valence-electron chi connectivity index (χ0n) is 21.0. The number of esters is 2. The van der Waals surface area contributed by atoms with Gasteiger partial charge in [0.1, 0.15) is 23.7 Å². The molecule has 0 aromatic heterocycles. The summed E-state index contributed by atoms with van der Waals surface area (Å²) in [5.74, 6) is -1.77. The monoisotopic (exact) mass is 534 g/mol. The van der Waals surface area contributed by atoms with E-state index in [0.29, 0.717) is 24.3 Å². The number of non-ortho nitro benzene ring substituents is 1. The van der Waals surface area contributed by atoms with Crippen molar-refractivity contribution in [3.63, 3.8) is 0 Å². The van der Waals surface area contributed by atoms with Crippen LogP contribution in [0.2, 0.25) is 5.02 Å². The largest absolute Gasteiger partial charge is 0.496 e. The molecule has 1 saturated heterocycles. The minimum atomic E-state index is -0.929. The van der Waals surface area contributed by atoms with Crippen LogP contribution < -0.4 is 14.2 Å². The molecule has 1 heterocycles. The molecule has 2 aromatic carbocycles. The molecule has 0 aliphatic carbocycles. The second-order valence-corrected chi connectivity index (χ2v) is 8.92. The van der Waals surface area contributed by atoms with Crippen molar-refractivity contribution in [1.29, 1.82) is 0 Å². The quantitative estimate of drug-likeness (QED) is 0.152. The summed E-state index contributed by atoms with van der Waals surface area (Å²) >= 11 is 6.16. The number of likely N-dealkylation sites (N-methyl/N-ethyl adjacent to an activating group) is 1. The van der Waals surface area contributed by atoms with Crippen molar-refractivity contribution < 1.29 is 38.3 Å². The molecule has 0 spiro atoms. The number of halogens is 1. The average molecular weight is 535 g/mol. The topological polar surface area (TPSA) is 135 Å². The first kappa shape index (κ1) is 27.9. The van der Waals surface area contributed by atoms with Gasteiger partial charge in [-0.25, -0.2) is 4.79 Å².